The number of halogens is 1. The highest BCUT2D eigenvalue weighted by Crippen LogP contribution is 2.25. The third-order valence-electron chi connectivity index (χ3n) is 2.54. The van der Waals surface area contributed by atoms with Crippen LogP contribution >= 0.6 is 11.6 Å². The Labute approximate surface area is 125 Å². The number of benzene rings is 1. The molecule has 0 saturated heterocycles. The molecule has 0 saturated carbocycles. The molecule has 0 unspecified atom stereocenters. The molecule has 0 fully saturated rings. The number of nitrogens with zero attached hydrogens (tertiary/aromatic N) is 4. The van der Waals surface area contributed by atoms with Crippen molar-refractivity contribution in [3.05, 3.63) is 40.7 Å². The van der Waals surface area contributed by atoms with E-state index in [1.165, 1.54) is 16.9 Å². The summed E-state index contributed by atoms with van der Waals surface area (Å²) in [5.74, 6) is 4.94. The fourth-order valence-corrected chi connectivity index (χ4v) is 1.76. The number of nitrogens with one attached hydrogen (secondary N) is 1. The molecule has 0 radical (unpaired) electrons. The predicted molar refractivity (Wildman–Crippen MR) is 73.3 cm³/mol. The van der Waals surface area contributed by atoms with Crippen LogP contribution in [0.1, 0.15) is 16.1 Å². The first kappa shape index (κ1) is 14.8. The van der Waals surface area contributed by atoms with Gasteiger partial charge in [0.05, 0.1) is 29.4 Å². The van der Waals surface area contributed by atoms with Crippen LogP contribution in [0, 0.1) is 11.3 Å². The summed E-state index contributed by atoms with van der Waals surface area (Å²) in [6.07, 6.45) is 1.45. The highest BCUT2D eigenvalue weighted by atomic mass is 35.5. The number of nitrogens with two attached hydrogens (primary N) is 1. The van der Waals surface area contributed by atoms with Gasteiger partial charge in [0.15, 0.2) is 5.69 Å². The molecule has 2 rings (SSSR count). The molecule has 108 valence electrons. The Kier molecular flexibility index (Phi) is 4.71. The van der Waals surface area contributed by atoms with E-state index in [-0.39, 0.29) is 12.3 Å². The lowest BCUT2D eigenvalue weighted by atomic mass is 10.2. The molecule has 8 nitrogen and oxygen atoms in total. The van der Waals surface area contributed by atoms with E-state index in [9.17, 15) is 4.79 Å². The van der Waals surface area contributed by atoms with E-state index in [0.29, 0.717) is 22.9 Å². The Balaban J connectivity index is 1.91. The maximum absolute atomic E-state index is 11.2. The van der Waals surface area contributed by atoms with Gasteiger partial charge in [0, 0.05) is 0 Å². The highest BCUT2D eigenvalue weighted by molar-refractivity contribution is 6.32. The van der Waals surface area contributed by atoms with Crippen LogP contribution < -0.4 is 16.0 Å². The van der Waals surface area contributed by atoms with Crippen LogP contribution in [-0.4, -0.2) is 27.5 Å². The molecule has 0 aliphatic carbocycles. The van der Waals surface area contributed by atoms with Gasteiger partial charge in [-0.15, -0.1) is 5.10 Å². The lowest BCUT2D eigenvalue weighted by Gasteiger charge is -2.07. The average molecular weight is 307 g/mol. The predicted octanol–water partition coefficient (Wildman–Crippen LogP) is 0.486. The number of hydrazine groups is 1. The minimum Gasteiger partial charge on any atom is -0.490 e. The molecule has 3 N–H and O–H groups in total. The van der Waals surface area contributed by atoms with Crippen LogP contribution in [0.2, 0.25) is 5.02 Å². The monoisotopic (exact) mass is 306 g/mol. The van der Waals surface area contributed by atoms with Crippen molar-refractivity contribution in [3.8, 4) is 11.8 Å². The fourth-order valence-electron chi connectivity index (χ4n) is 1.52. The van der Waals surface area contributed by atoms with E-state index in [0.717, 1.165) is 0 Å². The van der Waals surface area contributed by atoms with Gasteiger partial charge >= 0.3 is 0 Å². The maximum atomic E-state index is 11.2. The zero-order valence-electron chi connectivity index (χ0n) is 10.8. The molecule has 1 aromatic carbocycles. The van der Waals surface area contributed by atoms with Crippen molar-refractivity contribution in [2.24, 2.45) is 5.84 Å². The Morgan fingerprint density at radius 1 is 1.57 bits per heavy atom. The molecule has 0 spiro atoms. The number of nitrogen functional groups attached to an aromatic ring is 1. The molecule has 2 aromatic rings. The van der Waals surface area contributed by atoms with Crippen LogP contribution in [-0.2, 0) is 6.54 Å². The first-order chi connectivity index (χ1) is 10.1. The van der Waals surface area contributed by atoms with Gasteiger partial charge < -0.3 is 4.74 Å². The molecular formula is C12H11ClN6O2. The number of rotatable bonds is 5. The third-order valence-corrected chi connectivity index (χ3v) is 2.84. The minimum absolute atomic E-state index is 0.119. The molecule has 0 atom stereocenters. The molecular weight excluding hydrogens is 296 g/mol. The molecule has 0 aliphatic rings. The first-order valence-corrected chi connectivity index (χ1v) is 6.25. The van der Waals surface area contributed by atoms with Crippen LogP contribution in [0.25, 0.3) is 0 Å². The number of ether oxygens (including phenoxy) is 1. The van der Waals surface area contributed by atoms with Gasteiger partial charge in [-0.3, -0.25) is 10.2 Å². The van der Waals surface area contributed by atoms with E-state index in [1.807, 2.05) is 11.5 Å². The van der Waals surface area contributed by atoms with Crippen molar-refractivity contribution < 1.29 is 9.53 Å². The zero-order valence-corrected chi connectivity index (χ0v) is 11.5. The highest BCUT2D eigenvalue weighted by Gasteiger charge is 2.09. The summed E-state index contributed by atoms with van der Waals surface area (Å²) >= 11 is 5.98. The number of aromatic nitrogens is 3. The number of carbonyl (C=O) groups is 1. The number of carbonyl (C=O) groups excluding carboxylic acids is 1. The summed E-state index contributed by atoms with van der Waals surface area (Å²) in [4.78, 5) is 11.2. The van der Waals surface area contributed by atoms with Gasteiger partial charge in [0.2, 0.25) is 0 Å². The molecule has 9 heteroatoms. The molecule has 0 bridgehead atoms. The van der Waals surface area contributed by atoms with Crippen LogP contribution in [0.4, 0.5) is 0 Å². The summed E-state index contributed by atoms with van der Waals surface area (Å²) in [6, 6.07) is 6.74. The van der Waals surface area contributed by atoms with E-state index in [2.05, 4.69) is 10.3 Å². The second kappa shape index (κ2) is 6.69. The van der Waals surface area contributed by atoms with Gasteiger partial charge in [-0.2, -0.15) is 5.26 Å². The van der Waals surface area contributed by atoms with Crippen LogP contribution in [0.15, 0.2) is 24.4 Å². The summed E-state index contributed by atoms with van der Waals surface area (Å²) in [5, 5.41) is 16.5. The first-order valence-electron chi connectivity index (χ1n) is 5.87. The van der Waals surface area contributed by atoms with Crippen LogP contribution in [0.5, 0.6) is 5.75 Å². The van der Waals surface area contributed by atoms with E-state index >= 15 is 0 Å². The lowest BCUT2D eigenvalue weighted by molar-refractivity contribution is 0.0948. The maximum Gasteiger partial charge on any atom is 0.287 e. The van der Waals surface area contributed by atoms with Gasteiger partial charge in [0.1, 0.15) is 12.4 Å². The standard InChI is InChI=1S/C12H11ClN6O2/c13-9-5-8(6-14)1-2-11(9)21-4-3-19-7-10(17-18-19)12(20)16-15/h1-2,5,7H,3-4,15H2,(H,16,20). The number of hydrogen-bond donors (Lipinski definition) is 2. The van der Waals surface area contributed by atoms with Crippen LogP contribution in [0.3, 0.4) is 0 Å². The second-order valence-electron chi connectivity index (χ2n) is 3.95. The normalized spacial score (nSPS) is 9.95. The van der Waals surface area contributed by atoms with Crippen molar-refractivity contribution in [3.63, 3.8) is 0 Å². The van der Waals surface area contributed by atoms with Gasteiger partial charge in [-0.25, -0.2) is 10.5 Å². The van der Waals surface area contributed by atoms with Gasteiger partial charge in [-0.05, 0) is 18.2 Å². The number of hydrogen-bond acceptors (Lipinski definition) is 6. The van der Waals surface area contributed by atoms with Gasteiger partial charge in [0.25, 0.3) is 5.91 Å². The average Bonchev–Trinajstić information content (AvgIpc) is 2.97. The topological polar surface area (TPSA) is 119 Å². The lowest BCUT2D eigenvalue weighted by Crippen LogP contribution is -2.30. The largest absolute Gasteiger partial charge is 0.490 e. The van der Waals surface area contributed by atoms with Crippen molar-refractivity contribution in [2.75, 3.05) is 6.61 Å². The SMILES string of the molecule is N#Cc1ccc(OCCn2cc(C(=O)NN)nn2)c(Cl)c1. The van der Waals surface area contributed by atoms with Crippen molar-refractivity contribution in [1.29, 1.82) is 5.26 Å². The smallest absolute Gasteiger partial charge is 0.287 e. The third kappa shape index (κ3) is 3.68. The second-order valence-corrected chi connectivity index (χ2v) is 4.35. The fraction of sp³-hybridized carbons (Fsp3) is 0.167. The summed E-state index contributed by atoms with van der Waals surface area (Å²) in [7, 11) is 0. The van der Waals surface area contributed by atoms with E-state index in [4.69, 9.17) is 27.4 Å². The summed E-state index contributed by atoms with van der Waals surface area (Å²) < 4.78 is 6.93. The van der Waals surface area contributed by atoms with E-state index < -0.39 is 5.91 Å². The quantitative estimate of drug-likeness (QED) is 0.471. The van der Waals surface area contributed by atoms with E-state index in [1.54, 1.807) is 12.1 Å². The molecule has 1 heterocycles. The minimum atomic E-state index is -0.516. The zero-order chi connectivity index (χ0) is 15.2. The number of amides is 1. The van der Waals surface area contributed by atoms with Crippen molar-refractivity contribution in [1.82, 2.24) is 20.4 Å². The van der Waals surface area contributed by atoms with Crippen molar-refractivity contribution in [2.45, 2.75) is 6.54 Å². The Morgan fingerprint density at radius 3 is 3.05 bits per heavy atom. The van der Waals surface area contributed by atoms with Crippen molar-refractivity contribution >= 4 is 17.5 Å². The molecule has 21 heavy (non-hydrogen) atoms. The summed E-state index contributed by atoms with van der Waals surface area (Å²) in [6.45, 7) is 0.653. The Bertz CT molecular complexity index is 693. The molecule has 1 amide bonds. The molecule has 1 aromatic heterocycles. The Morgan fingerprint density at radius 2 is 2.38 bits per heavy atom. The Hall–Kier alpha value is -2.63. The number of nitriles is 1. The van der Waals surface area contributed by atoms with Gasteiger partial charge in [-0.1, -0.05) is 16.8 Å². The molecule has 0 aliphatic heterocycles. The summed E-state index contributed by atoms with van der Waals surface area (Å²) in [5.41, 5.74) is 2.54.